The third-order valence-electron chi connectivity index (χ3n) is 4.14. The van der Waals surface area contributed by atoms with Gasteiger partial charge in [0.2, 0.25) is 11.8 Å². The topological polar surface area (TPSA) is 76.4 Å². The van der Waals surface area contributed by atoms with Crippen LogP contribution in [0.2, 0.25) is 0 Å². The number of nitrogens with zero attached hydrogens (tertiary/aromatic N) is 3. The van der Waals surface area contributed by atoms with Crippen molar-refractivity contribution in [3.63, 3.8) is 0 Å². The van der Waals surface area contributed by atoms with Crippen molar-refractivity contribution in [1.82, 2.24) is 15.1 Å². The van der Waals surface area contributed by atoms with Crippen molar-refractivity contribution >= 4 is 23.6 Å². The third kappa shape index (κ3) is 4.82. The van der Waals surface area contributed by atoms with Gasteiger partial charge in [-0.2, -0.15) is 5.26 Å². The molecule has 2 aliphatic rings. The second kappa shape index (κ2) is 7.49. The molecule has 2 heterocycles. The summed E-state index contributed by atoms with van der Waals surface area (Å²) in [6, 6.07) is 1.28. The lowest BCUT2D eigenvalue weighted by atomic mass is 9.99. The summed E-state index contributed by atoms with van der Waals surface area (Å²) in [5.41, 5.74) is -0.531. The van der Waals surface area contributed by atoms with Crippen molar-refractivity contribution in [1.29, 1.82) is 5.26 Å². The van der Waals surface area contributed by atoms with Gasteiger partial charge in [0.05, 0.1) is 25.0 Å². The summed E-state index contributed by atoms with van der Waals surface area (Å²) in [6.07, 6.45) is -0.754. The predicted octanol–water partition coefficient (Wildman–Crippen LogP) is 0.740. The summed E-state index contributed by atoms with van der Waals surface area (Å²) >= 11 is 1.73. The highest BCUT2D eigenvalue weighted by Gasteiger charge is 2.36. The predicted molar refractivity (Wildman–Crippen MR) is 86.4 cm³/mol. The minimum absolute atomic E-state index is 0.0000694. The number of thioether (sulfide) groups is 1. The molecule has 0 saturated carbocycles. The van der Waals surface area contributed by atoms with Gasteiger partial charge in [-0.3, -0.25) is 9.59 Å². The molecule has 1 N–H and O–H groups in total. The largest absolute Gasteiger partial charge is 0.333 e. The summed E-state index contributed by atoms with van der Waals surface area (Å²) in [5, 5.41) is 12.1. The number of rotatable bonds is 5. The van der Waals surface area contributed by atoms with Crippen LogP contribution in [0.15, 0.2) is 0 Å². The van der Waals surface area contributed by atoms with E-state index < -0.39 is 17.8 Å². The number of carbonyl (C=O) groups excluding carboxylic acids is 2. The van der Waals surface area contributed by atoms with Crippen LogP contribution in [0, 0.1) is 11.3 Å². The van der Waals surface area contributed by atoms with Crippen LogP contribution in [-0.4, -0.2) is 70.6 Å². The number of hydrogen-bond donors (Lipinski definition) is 1. The van der Waals surface area contributed by atoms with E-state index in [-0.39, 0.29) is 31.3 Å². The number of hydrogen-bond acceptors (Lipinski definition) is 5. The Labute approximate surface area is 140 Å². The third-order valence-corrected chi connectivity index (χ3v) is 5.10. The summed E-state index contributed by atoms with van der Waals surface area (Å²) in [5.74, 6) is 1.46. The van der Waals surface area contributed by atoms with Gasteiger partial charge in [-0.05, 0) is 13.8 Å². The van der Waals surface area contributed by atoms with Crippen LogP contribution in [-0.2, 0) is 9.59 Å². The minimum Gasteiger partial charge on any atom is -0.333 e. The van der Waals surface area contributed by atoms with Crippen LogP contribution in [0.1, 0.15) is 26.7 Å². The highest BCUT2D eigenvalue weighted by Crippen LogP contribution is 2.21. The number of nitrogens with one attached hydrogen (secondary N) is 1. The van der Waals surface area contributed by atoms with Crippen molar-refractivity contribution in [2.24, 2.45) is 0 Å². The first-order chi connectivity index (χ1) is 10.8. The molecule has 0 aromatic rings. The molecule has 2 atom stereocenters. The molecule has 0 aromatic heterocycles. The molecule has 0 bridgehead atoms. The standard InChI is InChI=1S/C15H23FN4O2S/c1-15(2,6-13(21)19-3-4-23-10-19)18-8-14(22)20-9-11(16)5-12(20)7-17/h11-12,18H,3-6,8-10H2,1-2H3/t11-,12-/m0/s1. The maximum atomic E-state index is 13.4. The van der Waals surface area contributed by atoms with Gasteiger partial charge < -0.3 is 15.1 Å². The van der Waals surface area contributed by atoms with Gasteiger partial charge in [0, 0.05) is 30.7 Å². The second-order valence-electron chi connectivity index (χ2n) is 6.63. The smallest absolute Gasteiger partial charge is 0.237 e. The first-order valence-electron chi connectivity index (χ1n) is 7.76. The second-order valence-corrected chi connectivity index (χ2v) is 7.71. The van der Waals surface area contributed by atoms with Crippen molar-refractivity contribution in [2.45, 2.75) is 44.4 Å². The Kier molecular flexibility index (Phi) is 5.87. The molecule has 128 valence electrons. The highest BCUT2D eigenvalue weighted by atomic mass is 32.2. The van der Waals surface area contributed by atoms with Gasteiger partial charge in [0.1, 0.15) is 12.2 Å². The van der Waals surface area contributed by atoms with Gasteiger partial charge in [-0.1, -0.05) is 0 Å². The molecule has 2 fully saturated rings. The number of nitriles is 1. The van der Waals surface area contributed by atoms with Gasteiger partial charge in [-0.25, -0.2) is 4.39 Å². The summed E-state index contributed by atoms with van der Waals surface area (Å²) in [7, 11) is 0. The van der Waals surface area contributed by atoms with Crippen LogP contribution in [0.5, 0.6) is 0 Å². The molecule has 8 heteroatoms. The fourth-order valence-corrected chi connectivity index (χ4v) is 3.73. The maximum absolute atomic E-state index is 13.4. The van der Waals surface area contributed by atoms with Crippen molar-refractivity contribution in [2.75, 3.05) is 31.3 Å². The fourth-order valence-electron chi connectivity index (χ4n) is 2.76. The molecule has 0 spiro atoms. The first kappa shape index (κ1) is 18.0. The summed E-state index contributed by atoms with van der Waals surface area (Å²) < 4.78 is 13.4. The number of likely N-dealkylation sites (tertiary alicyclic amines) is 1. The van der Waals surface area contributed by atoms with Gasteiger partial charge in [-0.15, -0.1) is 11.8 Å². The number of carbonyl (C=O) groups is 2. The number of alkyl halides is 1. The average Bonchev–Trinajstić information content (AvgIpc) is 3.13. The first-order valence-corrected chi connectivity index (χ1v) is 8.91. The molecule has 6 nitrogen and oxygen atoms in total. The Morgan fingerprint density at radius 2 is 2.17 bits per heavy atom. The maximum Gasteiger partial charge on any atom is 0.237 e. The lowest BCUT2D eigenvalue weighted by Crippen LogP contribution is -2.49. The summed E-state index contributed by atoms with van der Waals surface area (Å²) in [4.78, 5) is 27.5. The van der Waals surface area contributed by atoms with Crippen molar-refractivity contribution in [3.05, 3.63) is 0 Å². The Hall–Kier alpha value is -1.33. The fraction of sp³-hybridized carbons (Fsp3) is 0.800. The van der Waals surface area contributed by atoms with Crippen molar-refractivity contribution < 1.29 is 14.0 Å². The Morgan fingerprint density at radius 1 is 1.43 bits per heavy atom. The molecule has 2 aliphatic heterocycles. The van der Waals surface area contributed by atoms with Gasteiger partial charge in [0.25, 0.3) is 0 Å². The minimum atomic E-state index is -1.13. The lowest BCUT2D eigenvalue weighted by molar-refractivity contribution is -0.133. The molecular weight excluding hydrogens is 319 g/mol. The van der Waals surface area contributed by atoms with E-state index in [1.807, 2.05) is 24.8 Å². The Morgan fingerprint density at radius 3 is 2.78 bits per heavy atom. The van der Waals surface area contributed by atoms with E-state index in [0.29, 0.717) is 6.42 Å². The number of amides is 2. The van der Waals surface area contributed by atoms with Crippen molar-refractivity contribution in [3.8, 4) is 6.07 Å². The summed E-state index contributed by atoms with van der Waals surface area (Å²) in [6.45, 7) is 4.48. The van der Waals surface area contributed by atoms with Crippen LogP contribution < -0.4 is 5.32 Å². The Bertz CT molecular complexity index is 502. The molecular formula is C15H23FN4O2S. The van der Waals surface area contributed by atoms with Crippen LogP contribution >= 0.6 is 11.8 Å². The van der Waals surface area contributed by atoms with Crippen LogP contribution in [0.3, 0.4) is 0 Å². The van der Waals surface area contributed by atoms with Gasteiger partial charge in [0.15, 0.2) is 0 Å². The van der Waals surface area contributed by atoms with E-state index in [2.05, 4.69) is 5.32 Å². The zero-order valence-corrected chi connectivity index (χ0v) is 14.4. The van der Waals surface area contributed by atoms with Crippen LogP contribution in [0.4, 0.5) is 4.39 Å². The van der Waals surface area contributed by atoms with E-state index in [0.717, 1.165) is 18.2 Å². The average molecular weight is 342 g/mol. The molecule has 0 aromatic carbocycles. The normalized spacial score (nSPS) is 24.8. The van der Waals surface area contributed by atoms with E-state index in [4.69, 9.17) is 5.26 Å². The zero-order chi connectivity index (χ0) is 17.0. The van der Waals surface area contributed by atoms with Gasteiger partial charge >= 0.3 is 0 Å². The zero-order valence-electron chi connectivity index (χ0n) is 13.5. The lowest BCUT2D eigenvalue weighted by Gasteiger charge is -2.29. The van der Waals surface area contributed by atoms with E-state index in [9.17, 15) is 14.0 Å². The molecule has 0 unspecified atom stereocenters. The number of halogens is 1. The molecule has 23 heavy (non-hydrogen) atoms. The molecule has 0 aliphatic carbocycles. The SMILES string of the molecule is CC(C)(CC(=O)N1CCSC1)NCC(=O)N1C[C@@H](F)C[C@H]1C#N. The molecule has 2 rings (SSSR count). The monoisotopic (exact) mass is 342 g/mol. The van der Waals surface area contributed by atoms with E-state index in [1.54, 1.807) is 11.8 Å². The molecule has 2 saturated heterocycles. The molecule has 0 radical (unpaired) electrons. The van der Waals surface area contributed by atoms with E-state index >= 15 is 0 Å². The Balaban J connectivity index is 1.82. The molecule has 2 amide bonds. The quantitative estimate of drug-likeness (QED) is 0.797. The van der Waals surface area contributed by atoms with E-state index in [1.165, 1.54) is 4.90 Å². The highest BCUT2D eigenvalue weighted by molar-refractivity contribution is 7.99. The van der Waals surface area contributed by atoms with Crippen LogP contribution in [0.25, 0.3) is 0 Å².